The first-order valence-corrected chi connectivity index (χ1v) is 10.7. The van der Waals surface area contributed by atoms with E-state index in [0.717, 1.165) is 28.3 Å². The van der Waals surface area contributed by atoms with Crippen LogP contribution in [0.15, 0.2) is 116 Å². The molecule has 0 unspecified atom stereocenters. The monoisotopic (exact) mass is 414 g/mol. The van der Waals surface area contributed by atoms with Crippen molar-refractivity contribution in [2.45, 2.75) is 13.8 Å². The van der Waals surface area contributed by atoms with E-state index in [2.05, 4.69) is 98.4 Å². The summed E-state index contributed by atoms with van der Waals surface area (Å²) in [5.74, 6) is 0.739. The first-order chi connectivity index (χ1) is 15.6. The number of hydrogen-bond acceptors (Lipinski definition) is 2. The predicted molar refractivity (Wildman–Crippen MR) is 136 cm³/mol. The lowest BCUT2D eigenvalue weighted by Gasteiger charge is -2.10. The van der Waals surface area contributed by atoms with Crippen LogP contribution in [-0.2, 0) is 0 Å². The van der Waals surface area contributed by atoms with Gasteiger partial charge in [-0.2, -0.15) is 0 Å². The van der Waals surface area contributed by atoms with Crippen molar-refractivity contribution in [3.8, 4) is 22.4 Å². The molecule has 4 rings (SSSR count). The fourth-order valence-corrected chi connectivity index (χ4v) is 3.70. The van der Waals surface area contributed by atoms with Crippen molar-refractivity contribution in [3.63, 3.8) is 0 Å². The molecule has 0 N–H and O–H groups in total. The summed E-state index contributed by atoms with van der Waals surface area (Å²) >= 11 is 0. The zero-order valence-electron chi connectivity index (χ0n) is 18.5. The van der Waals surface area contributed by atoms with Crippen LogP contribution in [0.4, 0.5) is 0 Å². The average Bonchev–Trinajstić information content (AvgIpc) is 2.84. The van der Waals surface area contributed by atoms with Crippen LogP contribution in [0.2, 0.25) is 0 Å². The molecule has 0 atom stereocenters. The molecule has 0 radical (unpaired) electrons. The molecule has 0 aliphatic carbocycles. The molecule has 0 bridgehead atoms. The van der Waals surface area contributed by atoms with Crippen molar-refractivity contribution in [1.82, 2.24) is 9.97 Å². The van der Waals surface area contributed by atoms with Crippen molar-refractivity contribution in [3.05, 3.63) is 133 Å². The lowest BCUT2D eigenvalue weighted by atomic mass is 9.99. The summed E-state index contributed by atoms with van der Waals surface area (Å²) in [6.45, 7) is 7.96. The highest BCUT2D eigenvalue weighted by atomic mass is 14.9. The highest BCUT2D eigenvalue weighted by Crippen LogP contribution is 2.28. The number of nitrogens with zero attached hydrogens (tertiary/aromatic N) is 2. The summed E-state index contributed by atoms with van der Waals surface area (Å²) in [4.78, 5) is 9.47. The molecule has 2 nitrogen and oxygen atoms in total. The van der Waals surface area contributed by atoms with Gasteiger partial charge < -0.3 is 0 Å². The summed E-state index contributed by atoms with van der Waals surface area (Å²) in [5, 5.41) is 0. The van der Waals surface area contributed by atoms with Crippen LogP contribution in [-0.4, -0.2) is 9.97 Å². The van der Waals surface area contributed by atoms with Gasteiger partial charge in [-0.1, -0.05) is 97.6 Å². The Balaban J connectivity index is 1.75. The van der Waals surface area contributed by atoms with Gasteiger partial charge >= 0.3 is 0 Å². The standard InChI is InChI=1S/C30H26N2/c1-4-12-27(19-22(2)24-13-7-5-8-14-24)29-21-30(32-23(3)31-29)28-18-11-17-26(20-28)25-15-9-6-10-16-25/h4-21H,1H2,2-3H3/b22-19+,27-12+. The quantitative estimate of drug-likeness (QED) is 0.301. The molecule has 1 aromatic heterocycles. The van der Waals surface area contributed by atoms with Crippen LogP contribution < -0.4 is 0 Å². The predicted octanol–water partition coefficient (Wildman–Crippen LogP) is 7.79. The first kappa shape index (κ1) is 21.2. The summed E-state index contributed by atoms with van der Waals surface area (Å²) < 4.78 is 0. The molecule has 0 fully saturated rings. The Kier molecular flexibility index (Phi) is 6.52. The van der Waals surface area contributed by atoms with Gasteiger partial charge in [-0.25, -0.2) is 9.97 Å². The van der Waals surface area contributed by atoms with E-state index in [-0.39, 0.29) is 0 Å². The van der Waals surface area contributed by atoms with Crippen molar-refractivity contribution in [1.29, 1.82) is 0 Å². The third kappa shape index (κ3) is 4.98. The Bertz CT molecular complexity index is 1280. The largest absolute Gasteiger partial charge is 0.233 e. The maximum Gasteiger partial charge on any atom is 0.126 e. The van der Waals surface area contributed by atoms with Crippen LogP contribution in [0.1, 0.15) is 24.0 Å². The van der Waals surface area contributed by atoms with Crippen molar-refractivity contribution in [2.75, 3.05) is 0 Å². The molecule has 32 heavy (non-hydrogen) atoms. The summed E-state index contributed by atoms with van der Waals surface area (Å²) in [5.41, 5.74) is 8.58. The second-order valence-corrected chi connectivity index (χ2v) is 7.68. The van der Waals surface area contributed by atoms with Gasteiger partial charge in [0.2, 0.25) is 0 Å². The Morgan fingerprint density at radius 1 is 0.750 bits per heavy atom. The van der Waals surface area contributed by atoms with Crippen molar-refractivity contribution < 1.29 is 0 Å². The van der Waals surface area contributed by atoms with Gasteiger partial charge in [-0.15, -0.1) is 0 Å². The molecule has 1 heterocycles. The maximum atomic E-state index is 4.73. The van der Waals surface area contributed by atoms with Crippen molar-refractivity contribution in [2.24, 2.45) is 0 Å². The molecule has 0 amide bonds. The fraction of sp³-hybridized carbons (Fsp3) is 0.0667. The molecule has 3 aromatic carbocycles. The first-order valence-electron chi connectivity index (χ1n) is 10.7. The topological polar surface area (TPSA) is 25.8 Å². The zero-order valence-corrected chi connectivity index (χ0v) is 18.5. The lowest BCUT2D eigenvalue weighted by molar-refractivity contribution is 1.04. The molecule has 156 valence electrons. The van der Waals surface area contributed by atoms with Gasteiger partial charge in [0, 0.05) is 11.1 Å². The summed E-state index contributed by atoms with van der Waals surface area (Å²) in [6, 6.07) is 31.3. The van der Waals surface area contributed by atoms with Crippen molar-refractivity contribution >= 4 is 11.1 Å². The molecule has 0 aliphatic rings. The molecule has 0 spiro atoms. The van der Waals surface area contributed by atoms with E-state index in [1.807, 2.05) is 25.1 Å². The molecule has 4 aromatic rings. The van der Waals surface area contributed by atoms with Crippen LogP contribution in [0.25, 0.3) is 33.5 Å². The number of benzene rings is 3. The van der Waals surface area contributed by atoms with E-state index >= 15 is 0 Å². The number of aryl methyl sites for hydroxylation is 1. The van der Waals surface area contributed by atoms with Gasteiger partial charge in [0.15, 0.2) is 0 Å². The lowest BCUT2D eigenvalue weighted by Crippen LogP contribution is -1.97. The van der Waals surface area contributed by atoms with E-state index in [0.29, 0.717) is 0 Å². The van der Waals surface area contributed by atoms with Crippen LogP contribution in [0, 0.1) is 6.92 Å². The summed E-state index contributed by atoms with van der Waals surface area (Å²) in [7, 11) is 0. The van der Waals surface area contributed by atoms with Crippen LogP contribution >= 0.6 is 0 Å². The van der Waals surface area contributed by atoms with E-state index < -0.39 is 0 Å². The number of allylic oxidation sites excluding steroid dienone is 5. The Hall–Kier alpha value is -4.04. The van der Waals surface area contributed by atoms with Gasteiger partial charge in [-0.3, -0.25) is 0 Å². The van der Waals surface area contributed by atoms with E-state index in [4.69, 9.17) is 9.97 Å². The minimum atomic E-state index is 0.739. The number of rotatable bonds is 6. The molecular formula is C30H26N2. The van der Waals surface area contributed by atoms with Gasteiger partial charge in [-0.05, 0) is 54.3 Å². The van der Waals surface area contributed by atoms with E-state index in [9.17, 15) is 0 Å². The number of hydrogen-bond donors (Lipinski definition) is 0. The third-order valence-corrected chi connectivity index (χ3v) is 5.30. The van der Waals surface area contributed by atoms with Crippen LogP contribution in [0.5, 0.6) is 0 Å². The summed E-state index contributed by atoms with van der Waals surface area (Å²) in [6.07, 6.45) is 5.96. The molecule has 0 saturated carbocycles. The Labute approximate surface area is 190 Å². The smallest absolute Gasteiger partial charge is 0.126 e. The number of aromatic nitrogens is 2. The molecule has 2 heteroatoms. The van der Waals surface area contributed by atoms with Gasteiger partial charge in [0.25, 0.3) is 0 Å². The molecule has 0 aliphatic heterocycles. The zero-order chi connectivity index (χ0) is 22.3. The average molecular weight is 415 g/mol. The second-order valence-electron chi connectivity index (χ2n) is 7.68. The van der Waals surface area contributed by atoms with E-state index in [1.165, 1.54) is 22.3 Å². The van der Waals surface area contributed by atoms with Gasteiger partial charge in [0.05, 0.1) is 11.4 Å². The highest BCUT2D eigenvalue weighted by Gasteiger charge is 2.09. The fourth-order valence-electron chi connectivity index (χ4n) is 3.70. The normalized spacial score (nSPS) is 11.9. The second kappa shape index (κ2) is 9.84. The Morgan fingerprint density at radius 2 is 1.41 bits per heavy atom. The van der Waals surface area contributed by atoms with E-state index in [1.54, 1.807) is 6.08 Å². The molecule has 0 saturated heterocycles. The highest BCUT2D eigenvalue weighted by molar-refractivity contribution is 5.84. The van der Waals surface area contributed by atoms with Gasteiger partial charge in [0.1, 0.15) is 5.82 Å². The minimum absolute atomic E-state index is 0.739. The SMILES string of the molecule is C=C/C=C(\C=C(/C)c1ccccc1)c1cc(-c2cccc(-c3ccccc3)c2)nc(C)n1. The Morgan fingerprint density at radius 3 is 2.12 bits per heavy atom. The van der Waals surface area contributed by atoms with Crippen LogP contribution in [0.3, 0.4) is 0 Å². The maximum absolute atomic E-state index is 4.73. The molecular weight excluding hydrogens is 388 g/mol. The third-order valence-electron chi connectivity index (χ3n) is 5.30. The minimum Gasteiger partial charge on any atom is -0.233 e.